The molecule has 3 aromatic heterocycles. The van der Waals surface area contributed by atoms with Crippen LogP contribution in [0.3, 0.4) is 0 Å². The number of hydrogen-bond acceptors (Lipinski definition) is 8. The highest BCUT2D eigenvalue weighted by atomic mass is 16.6. The highest BCUT2D eigenvalue weighted by molar-refractivity contribution is 5.54. The van der Waals surface area contributed by atoms with Crippen molar-refractivity contribution in [2.24, 2.45) is 0 Å². The van der Waals surface area contributed by atoms with Gasteiger partial charge in [0.2, 0.25) is 0 Å². The zero-order valence-electron chi connectivity index (χ0n) is 16.1. The van der Waals surface area contributed by atoms with E-state index in [9.17, 15) is 10.1 Å². The largest absolute Gasteiger partial charge is 0.353 e. The monoisotopic (exact) mass is 391 g/mol. The van der Waals surface area contributed by atoms with Gasteiger partial charge in [0.1, 0.15) is 23.5 Å². The van der Waals surface area contributed by atoms with E-state index < -0.39 is 4.92 Å². The van der Waals surface area contributed by atoms with Crippen LogP contribution in [0.25, 0.3) is 11.5 Å². The number of aryl methyl sites for hydroxylation is 1. The van der Waals surface area contributed by atoms with Crippen molar-refractivity contribution in [3.8, 4) is 11.5 Å². The van der Waals surface area contributed by atoms with Crippen LogP contribution >= 0.6 is 0 Å². The molecule has 0 saturated carbocycles. The number of nitro groups is 1. The quantitative estimate of drug-likeness (QED) is 0.483. The molecule has 0 aromatic carbocycles. The normalized spacial score (nSPS) is 14.1. The standard InChI is InChI=1S/C20H21N7O2/c1-2-15-13-19(24-20(23-15)17-5-3-4-8-21-17)26-11-9-25(10-12-26)18-7-6-16(14-22-18)27(28)29/h3-8,13-14H,2,9-12H2,1H3. The molecule has 4 rings (SSSR count). The highest BCUT2D eigenvalue weighted by Crippen LogP contribution is 2.22. The van der Waals surface area contributed by atoms with Crippen molar-refractivity contribution in [2.45, 2.75) is 13.3 Å². The average molecular weight is 391 g/mol. The van der Waals surface area contributed by atoms with E-state index in [2.05, 4.69) is 31.7 Å². The van der Waals surface area contributed by atoms with Gasteiger partial charge in [0.25, 0.3) is 5.69 Å². The summed E-state index contributed by atoms with van der Waals surface area (Å²) in [6.07, 6.45) is 3.87. The summed E-state index contributed by atoms with van der Waals surface area (Å²) in [5, 5.41) is 10.8. The highest BCUT2D eigenvalue weighted by Gasteiger charge is 2.21. The number of pyridine rings is 2. The summed E-state index contributed by atoms with van der Waals surface area (Å²) < 4.78 is 0. The Bertz CT molecular complexity index is 987. The lowest BCUT2D eigenvalue weighted by molar-refractivity contribution is -0.385. The summed E-state index contributed by atoms with van der Waals surface area (Å²) in [7, 11) is 0. The zero-order valence-corrected chi connectivity index (χ0v) is 16.1. The molecule has 1 aliphatic rings. The Morgan fingerprint density at radius 2 is 1.76 bits per heavy atom. The average Bonchev–Trinajstić information content (AvgIpc) is 2.79. The van der Waals surface area contributed by atoms with Crippen molar-refractivity contribution in [3.63, 3.8) is 0 Å². The minimum Gasteiger partial charge on any atom is -0.353 e. The molecular formula is C20H21N7O2. The Hall–Kier alpha value is -3.62. The number of hydrogen-bond donors (Lipinski definition) is 0. The fraction of sp³-hybridized carbons (Fsp3) is 0.300. The lowest BCUT2D eigenvalue weighted by atomic mass is 10.2. The molecule has 148 valence electrons. The first-order chi connectivity index (χ1) is 14.1. The first-order valence-corrected chi connectivity index (χ1v) is 9.53. The molecule has 9 nitrogen and oxygen atoms in total. The van der Waals surface area contributed by atoms with E-state index in [1.165, 1.54) is 12.3 Å². The van der Waals surface area contributed by atoms with Crippen LogP contribution in [0.15, 0.2) is 48.8 Å². The molecule has 0 spiro atoms. The van der Waals surface area contributed by atoms with Crippen LogP contribution in [-0.2, 0) is 6.42 Å². The molecule has 0 unspecified atom stereocenters. The molecule has 1 aliphatic heterocycles. The molecule has 0 atom stereocenters. The molecule has 4 heterocycles. The van der Waals surface area contributed by atoms with E-state index in [-0.39, 0.29) is 5.69 Å². The van der Waals surface area contributed by atoms with E-state index in [4.69, 9.17) is 4.98 Å². The second kappa shape index (κ2) is 8.17. The van der Waals surface area contributed by atoms with Gasteiger partial charge in [-0.1, -0.05) is 13.0 Å². The number of anilines is 2. The fourth-order valence-corrected chi connectivity index (χ4v) is 3.27. The van der Waals surface area contributed by atoms with Gasteiger partial charge >= 0.3 is 0 Å². The van der Waals surface area contributed by atoms with Crippen molar-refractivity contribution < 1.29 is 4.92 Å². The SMILES string of the molecule is CCc1cc(N2CCN(c3ccc([N+](=O)[O-])cn3)CC2)nc(-c2ccccn2)n1. The van der Waals surface area contributed by atoms with Crippen LogP contribution < -0.4 is 9.80 Å². The van der Waals surface area contributed by atoms with Crippen LogP contribution in [0.5, 0.6) is 0 Å². The molecular weight excluding hydrogens is 370 g/mol. The van der Waals surface area contributed by atoms with E-state index >= 15 is 0 Å². The molecule has 1 saturated heterocycles. The van der Waals surface area contributed by atoms with E-state index in [0.29, 0.717) is 5.82 Å². The van der Waals surface area contributed by atoms with Gasteiger partial charge in [0.15, 0.2) is 5.82 Å². The minimum atomic E-state index is -0.436. The number of aromatic nitrogens is 4. The van der Waals surface area contributed by atoms with Crippen molar-refractivity contribution >= 4 is 17.3 Å². The summed E-state index contributed by atoms with van der Waals surface area (Å²) >= 11 is 0. The zero-order chi connectivity index (χ0) is 20.2. The third-order valence-electron chi connectivity index (χ3n) is 4.89. The van der Waals surface area contributed by atoms with Crippen LogP contribution in [0.1, 0.15) is 12.6 Å². The van der Waals surface area contributed by atoms with E-state index in [1.54, 1.807) is 12.3 Å². The molecule has 1 fully saturated rings. The van der Waals surface area contributed by atoms with Crippen LogP contribution in [0.2, 0.25) is 0 Å². The maximum atomic E-state index is 10.8. The summed E-state index contributed by atoms with van der Waals surface area (Å²) in [5.74, 6) is 2.29. The Morgan fingerprint density at radius 1 is 1.00 bits per heavy atom. The lowest BCUT2D eigenvalue weighted by Gasteiger charge is -2.36. The van der Waals surface area contributed by atoms with E-state index in [0.717, 1.165) is 55.6 Å². The van der Waals surface area contributed by atoms with Gasteiger partial charge in [-0.2, -0.15) is 0 Å². The molecule has 0 bridgehead atoms. The topological polar surface area (TPSA) is 101 Å². The Balaban J connectivity index is 1.50. The van der Waals surface area contributed by atoms with Gasteiger partial charge < -0.3 is 9.80 Å². The van der Waals surface area contributed by atoms with Crippen molar-refractivity contribution in [1.82, 2.24) is 19.9 Å². The first kappa shape index (κ1) is 18.7. The summed E-state index contributed by atoms with van der Waals surface area (Å²) in [4.78, 5) is 32.7. The predicted octanol–water partition coefficient (Wildman–Crippen LogP) is 2.73. The second-order valence-electron chi connectivity index (χ2n) is 6.72. The molecule has 29 heavy (non-hydrogen) atoms. The van der Waals surface area contributed by atoms with Gasteiger partial charge in [-0.3, -0.25) is 15.1 Å². The molecule has 9 heteroatoms. The number of piperazine rings is 1. The number of nitrogens with zero attached hydrogens (tertiary/aromatic N) is 7. The van der Waals surface area contributed by atoms with Gasteiger partial charge in [-0.25, -0.2) is 15.0 Å². The molecule has 0 amide bonds. The van der Waals surface area contributed by atoms with Gasteiger partial charge in [-0.15, -0.1) is 0 Å². The van der Waals surface area contributed by atoms with E-state index in [1.807, 2.05) is 24.3 Å². The van der Waals surface area contributed by atoms with Crippen LogP contribution in [0.4, 0.5) is 17.3 Å². The lowest BCUT2D eigenvalue weighted by Crippen LogP contribution is -2.47. The second-order valence-corrected chi connectivity index (χ2v) is 6.72. The first-order valence-electron chi connectivity index (χ1n) is 9.53. The molecule has 0 N–H and O–H groups in total. The summed E-state index contributed by atoms with van der Waals surface area (Å²) in [5.41, 5.74) is 1.75. The predicted molar refractivity (Wildman–Crippen MR) is 110 cm³/mol. The van der Waals surface area contributed by atoms with Crippen LogP contribution in [-0.4, -0.2) is 51.0 Å². The third kappa shape index (κ3) is 4.13. The fourth-order valence-electron chi connectivity index (χ4n) is 3.27. The molecule has 3 aromatic rings. The minimum absolute atomic E-state index is 0.00233. The van der Waals surface area contributed by atoms with Crippen molar-refractivity contribution in [2.75, 3.05) is 36.0 Å². The van der Waals surface area contributed by atoms with Gasteiger partial charge in [-0.05, 0) is 24.6 Å². The molecule has 0 aliphatic carbocycles. The number of rotatable bonds is 5. The van der Waals surface area contributed by atoms with Crippen molar-refractivity contribution in [1.29, 1.82) is 0 Å². The summed E-state index contributed by atoms with van der Waals surface area (Å²) in [6, 6.07) is 10.9. The smallest absolute Gasteiger partial charge is 0.287 e. The van der Waals surface area contributed by atoms with Crippen LogP contribution in [0, 0.1) is 10.1 Å². The maximum Gasteiger partial charge on any atom is 0.287 e. The van der Waals surface area contributed by atoms with Gasteiger partial charge in [0, 0.05) is 50.2 Å². The maximum absolute atomic E-state index is 10.8. The summed E-state index contributed by atoms with van der Waals surface area (Å²) in [6.45, 7) is 5.15. The Labute approximate surface area is 168 Å². The van der Waals surface area contributed by atoms with Gasteiger partial charge in [0.05, 0.1) is 4.92 Å². The Kier molecular flexibility index (Phi) is 5.28. The third-order valence-corrected chi connectivity index (χ3v) is 4.89. The van der Waals surface area contributed by atoms with Crippen molar-refractivity contribution in [3.05, 3.63) is 64.6 Å². The Morgan fingerprint density at radius 3 is 2.34 bits per heavy atom. The molecule has 0 radical (unpaired) electrons.